The van der Waals surface area contributed by atoms with Crippen molar-refractivity contribution in [2.75, 3.05) is 6.61 Å². The molecule has 0 saturated heterocycles. The monoisotopic (exact) mass is 224 g/mol. The van der Waals surface area contributed by atoms with Crippen LogP contribution in [-0.4, -0.2) is 27.4 Å². The molecule has 1 N–H and O–H groups in total. The predicted molar refractivity (Wildman–Crippen MR) is 58.6 cm³/mol. The molecule has 0 aromatic carbocycles. The van der Waals surface area contributed by atoms with E-state index in [1.54, 1.807) is 12.3 Å². The van der Waals surface area contributed by atoms with Gasteiger partial charge in [0.25, 0.3) is 0 Å². The molecule has 1 fully saturated rings. The molecule has 1 heterocycles. The second-order valence-electron chi connectivity index (χ2n) is 3.95. The molecule has 1 saturated carbocycles. The van der Waals surface area contributed by atoms with Gasteiger partial charge in [0.15, 0.2) is 0 Å². The fraction of sp³-hybridized carbons (Fsp3) is 0.636. The van der Waals surface area contributed by atoms with Crippen LogP contribution in [0.2, 0.25) is 0 Å². The van der Waals surface area contributed by atoms with Crippen molar-refractivity contribution in [3.8, 4) is 5.88 Å². The van der Waals surface area contributed by atoms with E-state index in [4.69, 9.17) is 4.74 Å². The van der Waals surface area contributed by atoms with E-state index in [0.29, 0.717) is 12.5 Å². The third kappa shape index (κ3) is 2.09. The lowest BCUT2D eigenvalue weighted by Crippen LogP contribution is -2.30. The molecule has 5 heteroatoms. The summed E-state index contributed by atoms with van der Waals surface area (Å²) < 4.78 is 6.64. The number of aliphatic hydroxyl groups excluding tert-OH is 1. The van der Waals surface area contributed by atoms with Crippen LogP contribution in [0.15, 0.2) is 17.1 Å². The Kier molecular flexibility index (Phi) is 3.24. The second-order valence-corrected chi connectivity index (χ2v) is 3.95. The van der Waals surface area contributed by atoms with Crippen LogP contribution in [0.4, 0.5) is 0 Å². The van der Waals surface area contributed by atoms with Crippen molar-refractivity contribution in [1.29, 1.82) is 0 Å². The van der Waals surface area contributed by atoms with E-state index in [1.807, 2.05) is 6.92 Å². The molecule has 0 radical (unpaired) electrons. The minimum absolute atomic E-state index is 0.129. The Bertz CT molecular complexity index is 416. The Morgan fingerprint density at radius 3 is 3.00 bits per heavy atom. The van der Waals surface area contributed by atoms with Crippen LogP contribution < -0.4 is 10.4 Å². The first-order chi connectivity index (χ1) is 7.72. The van der Waals surface area contributed by atoms with Crippen molar-refractivity contribution < 1.29 is 9.84 Å². The highest BCUT2D eigenvalue weighted by atomic mass is 16.5. The quantitative estimate of drug-likeness (QED) is 0.822. The maximum atomic E-state index is 11.7. The van der Waals surface area contributed by atoms with Gasteiger partial charge >= 0.3 is 5.69 Å². The van der Waals surface area contributed by atoms with Crippen molar-refractivity contribution in [1.82, 2.24) is 9.55 Å². The van der Waals surface area contributed by atoms with Crippen LogP contribution in [-0.2, 0) is 0 Å². The van der Waals surface area contributed by atoms with E-state index in [2.05, 4.69) is 4.98 Å². The van der Waals surface area contributed by atoms with Crippen LogP contribution in [0.5, 0.6) is 5.88 Å². The molecule has 2 rings (SSSR count). The maximum absolute atomic E-state index is 11.7. The first-order valence-electron chi connectivity index (χ1n) is 5.62. The van der Waals surface area contributed by atoms with Gasteiger partial charge in [-0.25, -0.2) is 4.79 Å². The number of nitrogens with zero attached hydrogens (tertiary/aromatic N) is 2. The third-order valence-corrected chi connectivity index (χ3v) is 2.90. The summed E-state index contributed by atoms with van der Waals surface area (Å²) in [5, 5.41) is 9.72. The number of hydrogen-bond acceptors (Lipinski definition) is 4. The molecule has 5 nitrogen and oxygen atoms in total. The van der Waals surface area contributed by atoms with Gasteiger partial charge in [-0.2, -0.15) is 4.98 Å². The smallest absolute Gasteiger partial charge is 0.351 e. The molecule has 1 aliphatic rings. The second kappa shape index (κ2) is 4.65. The van der Waals surface area contributed by atoms with E-state index in [-0.39, 0.29) is 11.7 Å². The largest absolute Gasteiger partial charge is 0.478 e. The van der Waals surface area contributed by atoms with Crippen molar-refractivity contribution in [3.05, 3.63) is 22.7 Å². The van der Waals surface area contributed by atoms with E-state index >= 15 is 0 Å². The van der Waals surface area contributed by atoms with E-state index in [9.17, 15) is 9.90 Å². The first kappa shape index (κ1) is 11.1. The normalized spacial score (nSPS) is 24.6. The molecule has 2 atom stereocenters. The van der Waals surface area contributed by atoms with Gasteiger partial charge in [0.1, 0.15) is 0 Å². The molecule has 1 aliphatic carbocycles. The van der Waals surface area contributed by atoms with Gasteiger partial charge in [0, 0.05) is 12.3 Å². The fourth-order valence-electron chi connectivity index (χ4n) is 2.12. The molecule has 0 spiro atoms. The molecule has 0 aliphatic heterocycles. The minimum atomic E-state index is -0.433. The van der Waals surface area contributed by atoms with Gasteiger partial charge in [-0.15, -0.1) is 0 Å². The van der Waals surface area contributed by atoms with Crippen molar-refractivity contribution in [3.63, 3.8) is 0 Å². The van der Waals surface area contributed by atoms with Crippen LogP contribution in [0.1, 0.15) is 32.2 Å². The average molecular weight is 224 g/mol. The zero-order valence-electron chi connectivity index (χ0n) is 9.30. The van der Waals surface area contributed by atoms with Gasteiger partial charge in [-0.3, -0.25) is 4.57 Å². The number of aromatic nitrogens is 2. The minimum Gasteiger partial charge on any atom is -0.478 e. The Morgan fingerprint density at radius 1 is 1.62 bits per heavy atom. The standard InChI is InChI=1S/C11H16N2O3/c1-2-16-10-6-7-13(11(15)12-10)8-4-3-5-9(8)14/h6-9,14H,2-5H2,1H3/t8-,9-/m1/s1. The Labute approximate surface area is 93.7 Å². The summed E-state index contributed by atoms with van der Waals surface area (Å²) >= 11 is 0. The Morgan fingerprint density at radius 2 is 2.44 bits per heavy atom. The SMILES string of the molecule is CCOc1ccn([C@@H]2CCC[C@H]2O)c(=O)n1. The van der Waals surface area contributed by atoms with Gasteiger partial charge in [0.2, 0.25) is 5.88 Å². The summed E-state index contributed by atoms with van der Waals surface area (Å²) in [4.78, 5) is 15.5. The highest BCUT2D eigenvalue weighted by molar-refractivity contribution is 5.06. The average Bonchev–Trinajstić information content (AvgIpc) is 2.65. The zero-order valence-corrected chi connectivity index (χ0v) is 9.30. The van der Waals surface area contributed by atoms with Gasteiger partial charge in [0.05, 0.1) is 18.8 Å². The van der Waals surface area contributed by atoms with Crippen LogP contribution in [0.25, 0.3) is 0 Å². The van der Waals surface area contributed by atoms with Crippen molar-refractivity contribution >= 4 is 0 Å². The summed E-state index contributed by atoms with van der Waals surface area (Å²) in [6, 6.07) is 1.53. The van der Waals surface area contributed by atoms with Gasteiger partial charge < -0.3 is 9.84 Å². The number of rotatable bonds is 3. The van der Waals surface area contributed by atoms with Gasteiger partial charge in [-0.1, -0.05) is 0 Å². The molecule has 88 valence electrons. The molecule has 1 aromatic heterocycles. The highest BCUT2D eigenvalue weighted by Crippen LogP contribution is 2.28. The van der Waals surface area contributed by atoms with Gasteiger partial charge in [-0.05, 0) is 26.2 Å². The predicted octanol–water partition coefficient (Wildman–Crippen LogP) is 0.728. The van der Waals surface area contributed by atoms with E-state index < -0.39 is 6.10 Å². The molecule has 0 amide bonds. The lowest BCUT2D eigenvalue weighted by atomic mass is 10.2. The summed E-state index contributed by atoms with van der Waals surface area (Å²) in [7, 11) is 0. The summed E-state index contributed by atoms with van der Waals surface area (Å²) in [5.41, 5.74) is -0.350. The molecule has 0 unspecified atom stereocenters. The van der Waals surface area contributed by atoms with Crippen LogP contribution in [0.3, 0.4) is 0 Å². The van der Waals surface area contributed by atoms with E-state index in [1.165, 1.54) is 4.57 Å². The lowest BCUT2D eigenvalue weighted by molar-refractivity contribution is 0.133. The Balaban J connectivity index is 2.25. The lowest BCUT2D eigenvalue weighted by Gasteiger charge is -2.17. The topological polar surface area (TPSA) is 64.3 Å². The van der Waals surface area contributed by atoms with Crippen molar-refractivity contribution in [2.45, 2.75) is 38.3 Å². The summed E-state index contributed by atoms with van der Waals surface area (Å²) in [6.45, 7) is 2.33. The van der Waals surface area contributed by atoms with Crippen LogP contribution >= 0.6 is 0 Å². The molecule has 0 bridgehead atoms. The number of hydrogen-bond donors (Lipinski definition) is 1. The zero-order chi connectivity index (χ0) is 11.5. The number of aliphatic hydroxyl groups is 1. The number of ether oxygens (including phenoxy) is 1. The summed E-state index contributed by atoms with van der Waals surface area (Å²) in [5.74, 6) is 0.344. The van der Waals surface area contributed by atoms with E-state index in [0.717, 1.165) is 19.3 Å². The maximum Gasteiger partial charge on any atom is 0.351 e. The highest BCUT2D eigenvalue weighted by Gasteiger charge is 2.27. The molecule has 16 heavy (non-hydrogen) atoms. The summed E-state index contributed by atoms with van der Waals surface area (Å²) in [6.07, 6.45) is 3.75. The first-order valence-corrected chi connectivity index (χ1v) is 5.62. The molecular formula is C11H16N2O3. The molecular weight excluding hydrogens is 208 g/mol. The van der Waals surface area contributed by atoms with Crippen LogP contribution in [0, 0.1) is 0 Å². The fourth-order valence-corrected chi connectivity index (χ4v) is 2.12. The Hall–Kier alpha value is -1.36. The van der Waals surface area contributed by atoms with Crippen molar-refractivity contribution in [2.24, 2.45) is 0 Å². The molecule has 1 aromatic rings. The third-order valence-electron chi connectivity index (χ3n) is 2.90.